The molecule has 6 nitrogen and oxygen atoms in total. The molecule has 1 aliphatic carbocycles. The van der Waals surface area contributed by atoms with Crippen LogP contribution in [0.1, 0.15) is 28.8 Å². The van der Waals surface area contributed by atoms with Gasteiger partial charge in [-0.3, -0.25) is 0 Å². The minimum atomic E-state index is -3.45. The van der Waals surface area contributed by atoms with Crippen molar-refractivity contribution in [3.05, 3.63) is 35.4 Å². The third-order valence-electron chi connectivity index (χ3n) is 3.69. The number of nitrogens with one attached hydrogen (secondary N) is 1. The molecule has 0 radical (unpaired) electrons. The van der Waals surface area contributed by atoms with Gasteiger partial charge in [-0.25, -0.2) is 17.9 Å². The molecule has 0 saturated heterocycles. The Morgan fingerprint density at radius 2 is 1.95 bits per heavy atom. The van der Waals surface area contributed by atoms with E-state index < -0.39 is 16.0 Å². The van der Waals surface area contributed by atoms with E-state index in [1.807, 2.05) is 0 Å². The maximum Gasteiger partial charge on any atom is 0.337 e. The van der Waals surface area contributed by atoms with E-state index in [4.69, 9.17) is 0 Å². The van der Waals surface area contributed by atoms with Gasteiger partial charge in [-0.2, -0.15) is 0 Å². The summed E-state index contributed by atoms with van der Waals surface area (Å²) >= 11 is 0. The lowest BCUT2D eigenvalue weighted by molar-refractivity contribution is 0.0600. The average molecular weight is 313 g/mol. The highest BCUT2D eigenvalue weighted by Crippen LogP contribution is 2.44. The van der Waals surface area contributed by atoms with Gasteiger partial charge in [0.15, 0.2) is 0 Å². The van der Waals surface area contributed by atoms with E-state index in [0.717, 1.165) is 12.8 Å². The number of hydrogen-bond acceptors (Lipinski definition) is 5. The molecule has 21 heavy (non-hydrogen) atoms. The molecular formula is C14H19NO5S. The second-order valence-corrected chi connectivity index (χ2v) is 7.23. The Balaban J connectivity index is 1.95. The Hall–Kier alpha value is -1.44. The highest BCUT2D eigenvalue weighted by Gasteiger charge is 2.42. The number of sulfonamides is 1. The molecule has 0 bridgehead atoms. The largest absolute Gasteiger partial charge is 0.465 e. The molecule has 2 rings (SSSR count). The van der Waals surface area contributed by atoms with Crippen LogP contribution in [0.5, 0.6) is 0 Å². The maximum atomic E-state index is 12.0. The minimum absolute atomic E-state index is 0.00332. The summed E-state index contributed by atoms with van der Waals surface area (Å²) in [7, 11) is -2.16. The van der Waals surface area contributed by atoms with Gasteiger partial charge in [0.05, 0.1) is 18.4 Å². The van der Waals surface area contributed by atoms with Gasteiger partial charge in [-0.15, -0.1) is 0 Å². The number of methoxy groups -OCH3 is 1. The normalized spacial score (nSPS) is 16.5. The van der Waals surface area contributed by atoms with Crippen LogP contribution in [0.4, 0.5) is 0 Å². The summed E-state index contributed by atoms with van der Waals surface area (Å²) in [5, 5.41) is 9.17. The topological polar surface area (TPSA) is 92.7 Å². The fraction of sp³-hybridized carbons (Fsp3) is 0.500. The van der Waals surface area contributed by atoms with Crippen molar-refractivity contribution in [1.29, 1.82) is 0 Å². The Bertz CT molecular complexity index is 605. The van der Waals surface area contributed by atoms with Crippen LogP contribution in [0, 0.1) is 5.41 Å². The van der Waals surface area contributed by atoms with Crippen molar-refractivity contribution in [2.75, 3.05) is 20.3 Å². The molecule has 0 aliphatic heterocycles. The van der Waals surface area contributed by atoms with E-state index in [2.05, 4.69) is 9.46 Å². The van der Waals surface area contributed by atoms with Gasteiger partial charge in [-0.05, 0) is 30.5 Å². The number of carbonyl (C=O) groups excluding carboxylic acids is 1. The predicted octanol–water partition coefficient (Wildman–Crippen LogP) is 0.665. The second kappa shape index (κ2) is 6.13. The summed E-state index contributed by atoms with van der Waals surface area (Å²) in [6.45, 7) is 0.273. The number of rotatable bonds is 7. The van der Waals surface area contributed by atoms with Crippen molar-refractivity contribution in [1.82, 2.24) is 4.72 Å². The molecule has 7 heteroatoms. The van der Waals surface area contributed by atoms with E-state index in [0.29, 0.717) is 11.1 Å². The van der Waals surface area contributed by atoms with Crippen molar-refractivity contribution in [3.8, 4) is 0 Å². The van der Waals surface area contributed by atoms with Crippen LogP contribution in [0.2, 0.25) is 0 Å². The van der Waals surface area contributed by atoms with Crippen molar-refractivity contribution in [2.45, 2.75) is 18.6 Å². The molecule has 1 fully saturated rings. The van der Waals surface area contributed by atoms with Gasteiger partial charge in [0.25, 0.3) is 0 Å². The van der Waals surface area contributed by atoms with Crippen LogP contribution in [0.3, 0.4) is 0 Å². The lowest BCUT2D eigenvalue weighted by atomic mass is 10.1. The van der Waals surface area contributed by atoms with Crippen molar-refractivity contribution in [2.24, 2.45) is 5.41 Å². The van der Waals surface area contributed by atoms with Crippen LogP contribution in [0.15, 0.2) is 24.3 Å². The predicted molar refractivity (Wildman–Crippen MR) is 77.2 cm³/mol. The molecule has 0 atom stereocenters. The quantitative estimate of drug-likeness (QED) is 0.722. The molecular weight excluding hydrogens is 294 g/mol. The summed E-state index contributed by atoms with van der Waals surface area (Å²) < 4.78 is 31.1. The smallest absolute Gasteiger partial charge is 0.337 e. The van der Waals surface area contributed by atoms with Gasteiger partial charge >= 0.3 is 5.97 Å². The molecule has 0 unspecified atom stereocenters. The van der Waals surface area contributed by atoms with E-state index >= 15 is 0 Å². The number of hydrogen-bond donors (Lipinski definition) is 2. The fourth-order valence-electron chi connectivity index (χ4n) is 1.96. The first-order valence-corrected chi connectivity index (χ1v) is 8.30. The Kier molecular flexibility index (Phi) is 4.65. The van der Waals surface area contributed by atoms with E-state index in [1.54, 1.807) is 12.1 Å². The molecule has 1 aliphatic rings. The second-order valence-electron chi connectivity index (χ2n) is 5.43. The first-order chi connectivity index (χ1) is 9.90. The lowest BCUT2D eigenvalue weighted by Gasteiger charge is -2.13. The molecule has 1 aromatic rings. The highest BCUT2D eigenvalue weighted by atomic mass is 32.2. The molecule has 0 heterocycles. The number of benzene rings is 1. The summed E-state index contributed by atoms with van der Waals surface area (Å²) in [4.78, 5) is 11.3. The number of aliphatic hydroxyl groups is 1. The average Bonchev–Trinajstić information content (AvgIpc) is 3.26. The van der Waals surface area contributed by atoms with E-state index in [-0.39, 0.29) is 24.3 Å². The fourth-order valence-corrected chi connectivity index (χ4v) is 3.22. The van der Waals surface area contributed by atoms with Gasteiger partial charge in [0.1, 0.15) is 0 Å². The maximum absolute atomic E-state index is 12.0. The van der Waals surface area contributed by atoms with E-state index in [9.17, 15) is 18.3 Å². The van der Waals surface area contributed by atoms with Crippen LogP contribution < -0.4 is 4.72 Å². The van der Waals surface area contributed by atoms with Crippen molar-refractivity contribution in [3.63, 3.8) is 0 Å². The molecule has 0 aromatic heterocycles. The van der Waals surface area contributed by atoms with Crippen LogP contribution in [0.25, 0.3) is 0 Å². The molecule has 0 spiro atoms. The molecule has 2 N–H and O–H groups in total. The van der Waals surface area contributed by atoms with Gasteiger partial charge < -0.3 is 9.84 Å². The number of aliphatic hydroxyl groups excluding tert-OH is 1. The molecule has 1 saturated carbocycles. The zero-order chi connectivity index (χ0) is 15.5. The third-order valence-corrected chi connectivity index (χ3v) is 4.99. The summed E-state index contributed by atoms with van der Waals surface area (Å²) in [6.07, 6.45) is 1.69. The number of ether oxygens (including phenoxy) is 1. The SMILES string of the molecule is COC(=O)c1ccc(CS(=O)(=O)NCC2(CO)CC2)cc1. The Labute approximate surface area is 124 Å². The summed E-state index contributed by atoms with van der Waals surface area (Å²) in [5.74, 6) is -0.614. The van der Waals surface area contributed by atoms with Crippen molar-refractivity contribution < 1.29 is 23.1 Å². The molecule has 1 aromatic carbocycles. The highest BCUT2D eigenvalue weighted by molar-refractivity contribution is 7.88. The minimum Gasteiger partial charge on any atom is -0.465 e. The van der Waals surface area contributed by atoms with Gasteiger partial charge in [0, 0.05) is 18.6 Å². The first kappa shape index (κ1) is 15.9. The summed E-state index contributed by atoms with van der Waals surface area (Å²) in [6, 6.07) is 6.24. The number of esters is 1. The Morgan fingerprint density at radius 3 is 2.43 bits per heavy atom. The van der Waals surface area contributed by atoms with Gasteiger partial charge in [0.2, 0.25) is 10.0 Å². The molecule has 0 amide bonds. The Morgan fingerprint density at radius 1 is 1.33 bits per heavy atom. The lowest BCUT2D eigenvalue weighted by Crippen LogP contribution is -2.32. The number of carbonyl (C=O) groups is 1. The third kappa shape index (κ3) is 4.26. The standard InChI is InChI=1S/C14H19NO5S/c1-20-13(17)12-4-2-11(3-5-12)8-21(18,19)15-9-14(10-16)6-7-14/h2-5,15-16H,6-10H2,1H3. The first-order valence-electron chi connectivity index (χ1n) is 6.65. The summed E-state index contributed by atoms with van der Waals surface area (Å²) in [5.41, 5.74) is 0.703. The monoisotopic (exact) mass is 313 g/mol. The molecule has 116 valence electrons. The van der Waals surface area contributed by atoms with Crippen LogP contribution >= 0.6 is 0 Å². The van der Waals surface area contributed by atoms with E-state index in [1.165, 1.54) is 19.2 Å². The zero-order valence-electron chi connectivity index (χ0n) is 11.8. The van der Waals surface area contributed by atoms with Crippen LogP contribution in [-0.2, 0) is 20.5 Å². The van der Waals surface area contributed by atoms with Crippen LogP contribution in [-0.4, -0.2) is 39.8 Å². The van der Waals surface area contributed by atoms with Gasteiger partial charge in [-0.1, -0.05) is 12.1 Å². The zero-order valence-corrected chi connectivity index (χ0v) is 12.6. The van der Waals surface area contributed by atoms with Crippen molar-refractivity contribution >= 4 is 16.0 Å².